The third-order valence-electron chi connectivity index (χ3n) is 0.215. The van der Waals surface area contributed by atoms with Gasteiger partial charge in [-0.25, -0.2) is 4.79 Å². The minimum absolute atomic E-state index is 0.860. The lowest BCUT2D eigenvalue weighted by molar-refractivity contribution is -0.839. The summed E-state index contributed by atoms with van der Waals surface area (Å²) in [4.78, 5) is 25.5. The summed E-state index contributed by atoms with van der Waals surface area (Å²) >= 11 is 0. The van der Waals surface area contributed by atoms with Crippen molar-refractivity contribution in [3.05, 3.63) is 10.1 Å². The molecule has 0 unspecified atom stereocenters. The molecule has 8 heavy (non-hydrogen) atoms. The van der Waals surface area contributed by atoms with Crippen molar-refractivity contribution in [2.45, 2.75) is 6.92 Å². The lowest BCUT2D eigenvalue weighted by atomic mass is 10.9. The molecule has 0 bridgehead atoms. The molecule has 0 aliphatic rings. The van der Waals surface area contributed by atoms with Crippen molar-refractivity contribution in [2.24, 2.45) is 0 Å². The van der Waals surface area contributed by atoms with E-state index >= 15 is 0 Å². The van der Waals surface area contributed by atoms with Gasteiger partial charge in [-0.2, -0.15) is 0 Å². The highest BCUT2D eigenvalue weighted by Gasteiger charge is 1.96. The Bertz CT molecular complexity index is 95.0. The van der Waals surface area contributed by atoms with E-state index in [4.69, 9.17) is 0 Å². The highest BCUT2D eigenvalue weighted by atomic mass is 17.3. The fourth-order valence-corrected chi connectivity index (χ4v) is 0.0829. The van der Waals surface area contributed by atoms with E-state index in [9.17, 15) is 14.9 Å². The first kappa shape index (κ1) is 6.67. The van der Waals surface area contributed by atoms with Crippen LogP contribution in [0.3, 0.4) is 0 Å². The Balaban J connectivity index is 3.18. The SMILES string of the molecule is CC(=O)OO[N+](=O)[O-]. The van der Waals surface area contributed by atoms with Crippen LogP contribution in [0.2, 0.25) is 0 Å². The zero-order valence-corrected chi connectivity index (χ0v) is 3.99. The maximum atomic E-state index is 9.70. The summed E-state index contributed by atoms with van der Waals surface area (Å²) in [5.41, 5.74) is 0. The second kappa shape index (κ2) is 2.78. The van der Waals surface area contributed by atoms with Crippen molar-refractivity contribution in [1.82, 2.24) is 0 Å². The Hall–Kier alpha value is -1.33. The molecule has 0 aromatic rings. The molecule has 0 rings (SSSR count). The highest BCUT2D eigenvalue weighted by molar-refractivity contribution is 5.65. The maximum Gasteiger partial charge on any atom is 0.340 e. The molecule has 0 fully saturated rings. The first-order valence-corrected chi connectivity index (χ1v) is 1.62. The number of hydrogen-bond acceptors (Lipinski definition) is 5. The predicted octanol–water partition coefficient (Wildman–Crippen LogP) is -0.327. The van der Waals surface area contributed by atoms with Gasteiger partial charge in [-0.3, -0.25) is 4.89 Å². The van der Waals surface area contributed by atoms with Crippen LogP contribution in [0.25, 0.3) is 0 Å². The van der Waals surface area contributed by atoms with Crippen molar-refractivity contribution >= 4 is 5.97 Å². The third-order valence-corrected chi connectivity index (χ3v) is 0.215. The van der Waals surface area contributed by atoms with Gasteiger partial charge in [0.25, 0.3) is 0 Å². The molecule has 6 heteroatoms. The number of rotatable bonds is 2. The molecule has 0 radical (unpaired) electrons. The van der Waals surface area contributed by atoms with Gasteiger partial charge in [0.05, 0.1) is 0 Å². The molecule has 0 heterocycles. The van der Waals surface area contributed by atoms with E-state index in [1.807, 2.05) is 0 Å². The summed E-state index contributed by atoms with van der Waals surface area (Å²) in [7, 11) is 0. The van der Waals surface area contributed by atoms with Crippen molar-refractivity contribution in [2.75, 3.05) is 0 Å². The van der Waals surface area contributed by atoms with Gasteiger partial charge in [0.15, 0.2) is 0 Å². The summed E-state index contributed by atoms with van der Waals surface area (Å²) in [5.74, 6) is -0.860. The van der Waals surface area contributed by atoms with Crippen LogP contribution in [0.15, 0.2) is 0 Å². The van der Waals surface area contributed by atoms with Gasteiger partial charge in [0.1, 0.15) is 0 Å². The maximum absolute atomic E-state index is 9.70. The van der Waals surface area contributed by atoms with Gasteiger partial charge >= 0.3 is 11.1 Å². The molecule has 0 N–H and O–H groups in total. The van der Waals surface area contributed by atoms with E-state index < -0.39 is 11.1 Å². The molecular formula is C2H3NO5. The summed E-state index contributed by atoms with van der Waals surface area (Å²) in [5, 5.41) is 7.99. The molecular weight excluding hydrogens is 118 g/mol. The number of carbonyl (C=O) groups excluding carboxylic acids is 1. The first-order chi connectivity index (χ1) is 3.63. The largest absolute Gasteiger partial charge is 0.340 e. The van der Waals surface area contributed by atoms with Gasteiger partial charge in [0, 0.05) is 6.92 Å². The van der Waals surface area contributed by atoms with Gasteiger partial charge < -0.3 is 0 Å². The smallest absolute Gasteiger partial charge is 0.261 e. The normalized spacial score (nSPS) is 7.62. The molecule has 0 amide bonds. The molecule has 6 nitrogen and oxygen atoms in total. The van der Waals surface area contributed by atoms with E-state index in [1.165, 1.54) is 0 Å². The zero-order valence-electron chi connectivity index (χ0n) is 3.99. The molecule has 0 aromatic heterocycles. The molecule has 46 valence electrons. The Labute approximate surface area is 44.0 Å². The van der Waals surface area contributed by atoms with Gasteiger partial charge in [-0.05, 0) is 0 Å². The van der Waals surface area contributed by atoms with Gasteiger partial charge in [-0.1, -0.05) is 4.99 Å². The fourth-order valence-electron chi connectivity index (χ4n) is 0.0829. The molecule has 0 atom stereocenters. The minimum atomic E-state index is -1.22. The summed E-state index contributed by atoms with van der Waals surface area (Å²) < 4.78 is 0. The minimum Gasteiger partial charge on any atom is -0.261 e. The van der Waals surface area contributed by atoms with E-state index in [2.05, 4.69) is 9.88 Å². The predicted molar refractivity (Wildman–Crippen MR) is 19.8 cm³/mol. The fraction of sp³-hybridized carbons (Fsp3) is 0.500. The second-order valence-electron chi connectivity index (χ2n) is 0.873. The second-order valence-corrected chi connectivity index (χ2v) is 0.873. The van der Waals surface area contributed by atoms with Crippen LogP contribution in [-0.2, 0) is 14.7 Å². The van der Waals surface area contributed by atoms with Crippen molar-refractivity contribution in [1.29, 1.82) is 0 Å². The lowest BCUT2D eigenvalue weighted by Crippen LogP contribution is -2.05. The Morgan fingerprint density at radius 2 is 2.25 bits per heavy atom. The Morgan fingerprint density at radius 1 is 1.75 bits per heavy atom. The van der Waals surface area contributed by atoms with E-state index in [0.29, 0.717) is 0 Å². The Kier molecular flexibility index (Phi) is 2.32. The average molecular weight is 121 g/mol. The zero-order chi connectivity index (χ0) is 6.57. The Morgan fingerprint density at radius 3 is 2.38 bits per heavy atom. The van der Waals surface area contributed by atoms with Crippen LogP contribution in [0, 0.1) is 10.1 Å². The molecule has 0 saturated heterocycles. The summed E-state index contributed by atoms with van der Waals surface area (Å²) in [6, 6.07) is 0. The number of carbonyl (C=O) groups is 1. The molecule has 0 aliphatic carbocycles. The molecule has 0 spiro atoms. The summed E-state index contributed by atoms with van der Waals surface area (Å²) in [6.45, 7) is 0.990. The van der Waals surface area contributed by atoms with Crippen molar-refractivity contribution in [3.63, 3.8) is 0 Å². The van der Waals surface area contributed by atoms with E-state index in [1.54, 1.807) is 0 Å². The quantitative estimate of drug-likeness (QED) is 0.284. The van der Waals surface area contributed by atoms with Crippen LogP contribution in [0.4, 0.5) is 0 Å². The first-order valence-electron chi connectivity index (χ1n) is 1.62. The van der Waals surface area contributed by atoms with Gasteiger partial charge in [-0.15, -0.1) is 10.1 Å². The summed E-state index contributed by atoms with van der Waals surface area (Å²) in [6.07, 6.45) is 0. The van der Waals surface area contributed by atoms with Crippen LogP contribution in [0.5, 0.6) is 0 Å². The van der Waals surface area contributed by atoms with E-state index in [0.717, 1.165) is 6.92 Å². The molecule has 0 aliphatic heterocycles. The van der Waals surface area contributed by atoms with Crippen LogP contribution in [-0.4, -0.2) is 11.1 Å². The van der Waals surface area contributed by atoms with Crippen molar-refractivity contribution in [3.8, 4) is 0 Å². The number of hydrogen-bond donors (Lipinski definition) is 0. The monoisotopic (exact) mass is 121 g/mol. The topological polar surface area (TPSA) is 78.7 Å². The van der Waals surface area contributed by atoms with Crippen LogP contribution < -0.4 is 0 Å². The highest BCUT2D eigenvalue weighted by Crippen LogP contribution is 1.77. The lowest BCUT2D eigenvalue weighted by Gasteiger charge is -1.89. The van der Waals surface area contributed by atoms with Crippen LogP contribution in [0.1, 0.15) is 6.92 Å². The average Bonchev–Trinajstić information content (AvgIpc) is 1.61. The van der Waals surface area contributed by atoms with Crippen LogP contribution >= 0.6 is 0 Å². The number of nitrogens with zero attached hydrogens (tertiary/aromatic N) is 1. The third kappa shape index (κ3) is 4.67. The van der Waals surface area contributed by atoms with Gasteiger partial charge in [0.2, 0.25) is 0 Å². The van der Waals surface area contributed by atoms with Crippen molar-refractivity contribution < 1.29 is 19.8 Å². The molecule has 0 saturated carbocycles. The van der Waals surface area contributed by atoms with E-state index in [-0.39, 0.29) is 0 Å². The standard InChI is InChI=1S/C2H3NO5/c1-2(4)7-8-3(5)6/h1H3. The molecule has 0 aromatic carbocycles.